The molecule has 24 heavy (non-hydrogen) atoms. The molecule has 1 aliphatic rings. The third-order valence-corrected chi connectivity index (χ3v) is 4.41. The lowest BCUT2D eigenvalue weighted by molar-refractivity contribution is 0.0996. The number of hydrogen-bond donors (Lipinski definition) is 2. The van der Waals surface area contributed by atoms with Gasteiger partial charge in [0, 0.05) is 38.3 Å². The predicted octanol–water partition coefficient (Wildman–Crippen LogP) is 0.847. The zero-order valence-electron chi connectivity index (χ0n) is 13.6. The monoisotopic (exact) mass is 332 g/mol. The first kappa shape index (κ1) is 16.5. The van der Waals surface area contributed by atoms with Crippen LogP contribution in [0, 0.1) is 5.82 Å². The molecule has 8 heteroatoms. The van der Waals surface area contributed by atoms with Crippen LogP contribution in [0.2, 0.25) is 0 Å². The number of amides is 1. The summed E-state index contributed by atoms with van der Waals surface area (Å²) in [5.41, 5.74) is 7.23. The van der Waals surface area contributed by atoms with Crippen molar-refractivity contribution in [3.8, 4) is 11.3 Å². The minimum atomic E-state index is -0.661. The number of aromatic nitrogens is 3. The lowest BCUT2D eigenvalue weighted by Crippen LogP contribution is -2.45. The van der Waals surface area contributed by atoms with E-state index in [4.69, 9.17) is 5.73 Å². The second-order valence-corrected chi connectivity index (χ2v) is 5.90. The van der Waals surface area contributed by atoms with Gasteiger partial charge in [-0.2, -0.15) is 15.4 Å². The van der Waals surface area contributed by atoms with E-state index in [1.54, 1.807) is 6.07 Å². The fourth-order valence-corrected chi connectivity index (χ4v) is 3.02. The molecule has 1 aromatic carbocycles. The lowest BCUT2D eigenvalue weighted by atomic mass is 10.0. The molecule has 0 spiro atoms. The Labute approximate surface area is 139 Å². The van der Waals surface area contributed by atoms with Gasteiger partial charge in [-0.3, -0.25) is 9.69 Å². The number of primary amides is 1. The first-order valence-electron chi connectivity index (χ1n) is 8.02. The Morgan fingerprint density at radius 2 is 1.96 bits per heavy atom. The number of H-pyrrole nitrogens is 1. The maximum absolute atomic E-state index is 13.8. The summed E-state index contributed by atoms with van der Waals surface area (Å²) in [6, 6.07) is 4.46. The van der Waals surface area contributed by atoms with Crippen molar-refractivity contribution in [3.63, 3.8) is 0 Å². The summed E-state index contributed by atoms with van der Waals surface area (Å²) in [7, 11) is 0. The van der Waals surface area contributed by atoms with E-state index in [1.807, 2.05) is 0 Å². The number of hydrogen-bond acceptors (Lipinski definition) is 5. The maximum Gasteiger partial charge on any atom is 0.271 e. The van der Waals surface area contributed by atoms with Gasteiger partial charge in [-0.1, -0.05) is 6.92 Å². The fraction of sp³-hybridized carbons (Fsp3) is 0.438. The number of nitrogens with two attached hydrogens (primary N) is 1. The third-order valence-electron chi connectivity index (χ3n) is 4.41. The molecule has 7 nitrogen and oxygen atoms in total. The number of rotatable bonds is 5. The summed E-state index contributed by atoms with van der Waals surface area (Å²) >= 11 is 0. The summed E-state index contributed by atoms with van der Waals surface area (Å²) in [4.78, 5) is 16.2. The first-order valence-corrected chi connectivity index (χ1v) is 8.02. The minimum Gasteiger partial charge on any atom is -0.364 e. The van der Waals surface area contributed by atoms with Gasteiger partial charge in [0.1, 0.15) is 11.5 Å². The molecular weight excluding hydrogens is 311 g/mol. The van der Waals surface area contributed by atoms with E-state index in [1.165, 1.54) is 12.1 Å². The van der Waals surface area contributed by atoms with Crippen molar-refractivity contribution in [1.29, 1.82) is 0 Å². The Bertz CT molecular complexity index is 723. The van der Waals surface area contributed by atoms with Gasteiger partial charge in [-0.05, 0) is 30.3 Å². The number of nitrogens with one attached hydrogen (secondary N) is 1. The van der Waals surface area contributed by atoms with Crippen molar-refractivity contribution in [1.82, 2.24) is 25.2 Å². The van der Waals surface area contributed by atoms with Gasteiger partial charge < -0.3 is 10.6 Å². The third kappa shape index (κ3) is 3.44. The van der Waals surface area contributed by atoms with Crippen LogP contribution in [0.1, 0.15) is 23.0 Å². The van der Waals surface area contributed by atoms with E-state index < -0.39 is 5.91 Å². The topological polar surface area (TPSA) is 91.1 Å². The average Bonchev–Trinajstić information content (AvgIpc) is 3.05. The van der Waals surface area contributed by atoms with E-state index in [0.717, 1.165) is 38.3 Å². The first-order chi connectivity index (χ1) is 11.6. The zero-order valence-corrected chi connectivity index (χ0v) is 13.6. The molecule has 0 aliphatic carbocycles. The van der Waals surface area contributed by atoms with Crippen LogP contribution in [-0.4, -0.2) is 63.8 Å². The molecule has 1 amide bonds. The number of benzene rings is 1. The Morgan fingerprint density at radius 3 is 2.62 bits per heavy atom. The number of nitrogens with zero attached hydrogens (tertiary/aromatic N) is 4. The molecule has 0 radical (unpaired) electrons. The number of carbonyl (C=O) groups is 1. The van der Waals surface area contributed by atoms with Crippen molar-refractivity contribution in [3.05, 3.63) is 35.3 Å². The molecule has 2 heterocycles. The standard InChI is InChI=1S/C16H21FN6O/c1-2-22-5-7-23(8-6-22)10-11-9-12(17)3-4-13(11)14-15(16(18)24)20-21-19-14/h3-4,9H,2,5-8,10H2,1H3,(H2,18,24)(H,19,20,21). The maximum atomic E-state index is 13.8. The molecule has 0 unspecified atom stereocenters. The Morgan fingerprint density at radius 1 is 1.25 bits per heavy atom. The fourth-order valence-electron chi connectivity index (χ4n) is 3.02. The lowest BCUT2D eigenvalue weighted by Gasteiger charge is -2.34. The second-order valence-electron chi connectivity index (χ2n) is 5.90. The van der Waals surface area contributed by atoms with Gasteiger partial charge in [-0.15, -0.1) is 0 Å². The number of aromatic amines is 1. The molecule has 0 atom stereocenters. The molecule has 3 N–H and O–H groups in total. The molecule has 1 saturated heterocycles. The van der Waals surface area contributed by atoms with Gasteiger partial charge in [0.15, 0.2) is 5.69 Å². The van der Waals surface area contributed by atoms with E-state index in [9.17, 15) is 9.18 Å². The van der Waals surface area contributed by atoms with E-state index in [0.29, 0.717) is 17.8 Å². The molecule has 0 saturated carbocycles. The zero-order chi connectivity index (χ0) is 17.1. The average molecular weight is 332 g/mol. The highest BCUT2D eigenvalue weighted by Crippen LogP contribution is 2.26. The highest BCUT2D eigenvalue weighted by molar-refractivity contribution is 5.97. The van der Waals surface area contributed by atoms with Gasteiger partial charge in [-0.25, -0.2) is 4.39 Å². The summed E-state index contributed by atoms with van der Waals surface area (Å²) in [6.07, 6.45) is 0. The molecule has 1 aliphatic heterocycles. The summed E-state index contributed by atoms with van der Waals surface area (Å²) in [5, 5.41) is 10.3. The van der Waals surface area contributed by atoms with Crippen LogP contribution in [0.4, 0.5) is 4.39 Å². The van der Waals surface area contributed by atoms with Crippen molar-refractivity contribution >= 4 is 5.91 Å². The number of carbonyl (C=O) groups excluding carboxylic acids is 1. The molecule has 2 aromatic rings. The van der Waals surface area contributed by atoms with Crippen LogP contribution in [0.15, 0.2) is 18.2 Å². The summed E-state index contributed by atoms with van der Waals surface area (Å²) < 4.78 is 13.8. The smallest absolute Gasteiger partial charge is 0.271 e. The van der Waals surface area contributed by atoms with E-state index in [-0.39, 0.29) is 11.5 Å². The van der Waals surface area contributed by atoms with E-state index in [2.05, 4.69) is 32.1 Å². The van der Waals surface area contributed by atoms with Crippen molar-refractivity contribution in [2.75, 3.05) is 32.7 Å². The molecular formula is C16H21FN6O. The second kappa shape index (κ2) is 7.06. The van der Waals surface area contributed by atoms with Crippen LogP contribution in [-0.2, 0) is 6.54 Å². The molecule has 1 aromatic heterocycles. The number of likely N-dealkylation sites (N-methyl/N-ethyl adjacent to an activating group) is 1. The minimum absolute atomic E-state index is 0.0682. The Kier molecular flexibility index (Phi) is 4.86. The van der Waals surface area contributed by atoms with Gasteiger partial charge in [0.2, 0.25) is 0 Å². The normalized spacial score (nSPS) is 16.4. The molecule has 1 fully saturated rings. The molecule has 128 valence electrons. The Balaban J connectivity index is 1.87. The highest BCUT2D eigenvalue weighted by Gasteiger charge is 2.21. The van der Waals surface area contributed by atoms with Crippen LogP contribution < -0.4 is 5.73 Å². The summed E-state index contributed by atoms with van der Waals surface area (Å²) in [6.45, 7) is 7.62. The van der Waals surface area contributed by atoms with Gasteiger partial charge in [0.25, 0.3) is 5.91 Å². The number of halogens is 1. The molecule has 3 rings (SSSR count). The van der Waals surface area contributed by atoms with Crippen molar-refractivity contribution in [2.45, 2.75) is 13.5 Å². The van der Waals surface area contributed by atoms with E-state index >= 15 is 0 Å². The SMILES string of the molecule is CCN1CCN(Cc2cc(F)ccc2-c2n[nH]nc2C(N)=O)CC1. The molecule has 0 bridgehead atoms. The predicted molar refractivity (Wildman–Crippen MR) is 87.7 cm³/mol. The van der Waals surface area contributed by atoms with Gasteiger partial charge >= 0.3 is 0 Å². The Hall–Kier alpha value is -2.32. The van der Waals surface area contributed by atoms with Crippen molar-refractivity contribution in [2.24, 2.45) is 5.73 Å². The van der Waals surface area contributed by atoms with Crippen molar-refractivity contribution < 1.29 is 9.18 Å². The highest BCUT2D eigenvalue weighted by atomic mass is 19.1. The largest absolute Gasteiger partial charge is 0.364 e. The van der Waals surface area contributed by atoms with Crippen LogP contribution in [0.5, 0.6) is 0 Å². The summed E-state index contributed by atoms with van der Waals surface area (Å²) in [5.74, 6) is -0.976. The number of piperazine rings is 1. The van der Waals surface area contributed by atoms with Crippen LogP contribution >= 0.6 is 0 Å². The quantitative estimate of drug-likeness (QED) is 0.847. The van der Waals surface area contributed by atoms with Crippen LogP contribution in [0.25, 0.3) is 11.3 Å². The van der Waals surface area contributed by atoms with Crippen LogP contribution in [0.3, 0.4) is 0 Å². The van der Waals surface area contributed by atoms with Gasteiger partial charge in [0.05, 0.1) is 0 Å².